The van der Waals surface area contributed by atoms with Gasteiger partial charge in [-0.25, -0.2) is 0 Å². The van der Waals surface area contributed by atoms with E-state index in [2.05, 4.69) is 20.8 Å². The molecule has 0 amide bonds. The summed E-state index contributed by atoms with van der Waals surface area (Å²) in [5.41, 5.74) is 0. The van der Waals surface area contributed by atoms with Crippen LogP contribution in [0.5, 0.6) is 0 Å². The molecule has 0 bridgehead atoms. The van der Waals surface area contributed by atoms with Crippen LogP contribution in [0.3, 0.4) is 0 Å². The summed E-state index contributed by atoms with van der Waals surface area (Å²) in [4.78, 5) is 0. The second-order valence-electron chi connectivity index (χ2n) is 3.38. The fraction of sp³-hybridized carbons (Fsp3) is 0.909. The summed E-state index contributed by atoms with van der Waals surface area (Å²) in [5, 5.41) is 0. The Hall–Kier alpha value is -0.0400. The zero-order chi connectivity index (χ0) is 9.23. The molecule has 0 saturated heterocycles. The van der Waals surface area contributed by atoms with Crippen LogP contribution in [0, 0.1) is 6.92 Å². The minimum absolute atomic E-state index is 0.453. The maximum atomic E-state index is 5.62. The van der Waals surface area contributed by atoms with Crippen molar-refractivity contribution in [1.29, 1.82) is 0 Å². The van der Waals surface area contributed by atoms with Gasteiger partial charge in [0.05, 0.1) is 6.10 Å². The predicted octanol–water partition coefficient (Wildman–Crippen LogP) is 3.59. The van der Waals surface area contributed by atoms with E-state index in [-0.39, 0.29) is 0 Å². The summed E-state index contributed by atoms with van der Waals surface area (Å²) in [7, 11) is 0. The number of ether oxygens (including phenoxy) is 1. The highest BCUT2D eigenvalue weighted by Crippen LogP contribution is 2.05. The number of hydrogen-bond acceptors (Lipinski definition) is 1. The number of unbranched alkanes of at least 4 members (excludes halogenated alkanes) is 3. The van der Waals surface area contributed by atoms with Crippen LogP contribution in [0.1, 0.15) is 52.4 Å². The molecule has 1 heteroatoms. The Morgan fingerprint density at radius 1 is 1.25 bits per heavy atom. The molecule has 1 unspecified atom stereocenters. The molecule has 0 fully saturated rings. The van der Waals surface area contributed by atoms with Crippen LogP contribution in [-0.2, 0) is 4.74 Å². The van der Waals surface area contributed by atoms with E-state index in [4.69, 9.17) is 4.74 Å². The Morgan fingerprint density at radius 2 is 2.00 bits per heavy atom. The van der Waals surface area contributed by atoms with Crippen molar-refractivity contribution in [3.05, 3.63) is 6.92 Å². The number of hydrogen-bond donors (Lipinski definition) is 0. The van der Waals surface area contributed by atoms with Crippen molar-refractivity contribution in [3.63, 3.8) is 0 Å². The quantitative estimate of drug-likeness (QED) is 0.507. The monoisotopic (exact) mass is 171 g/mol. The van der Waals surface area contributed by atoms with E-state index in [1.54, 1.807) is 0 Å². The van der Waals surface area contributed by atoms with Gasteiger partial charge in [0.15, 0.2) is 0 Å². The van der Waals surface area contributed by atoms with Crippen LogP contribution in [0.2, 0.25) is 0 Å². The predicted molar refractivity (Wildman–Crippen MR) is 54.1 cm³/mol. The first-order valence-electron chi connectivity index (χ1n) is 5.22. The van der Waals surface area contributed by atoms with E-state index in [0.29, 0.717) is 6.10 Å². The summed E-state index contributed by atoms with van der Waals surface area (Å²) in [6, 6.07) is 0. The third kappa shape index (κ3) is 8.06. The van der Waals surface area contributed by atoms with Crippen LogP contribution in [0.25, 0.3) is 0 Å². The smallest absolute Gasteiger partial charge is 0.0547 e. The molecule has 0 N–H and O–H groups in total. The summed E-state index contributed by atoms with van der Waals surface area (Å²) in [6.07, 6.45) is 7.62. The Morgan fingerprint density at radius 3 is 2.58 bits per heavy atom. The lowest BCUT2D eigenvalue weighted by Crippen LogP contribution is -2.08. The molecule has 0 rings (SSSR count). The van der Waals surface area contributed by atoms with Gasteiger partial charge in [0.2, 0.25) is 0 Å². The molecule has 0 aliphatic rings. The van der Waals surface area contributed by atoms with Gasteiger partial charge in [-0.2, -0.15) is 0 Å². The normalized spacial score (nSPS) is 13.2. The van der Waals surface area contributed by atoms with Crippen molar-refractivity contribution >= 4 is 0 Å². The highest BCUT2D eigenvalue weighted by Gasteiger charge is 1.99. The summed E-state index contributed by atoms with van der Waals surface area (Å²) < 4.78 is 5.62. The summed E-state index contributed by atoms with van der Waals surface area (Å²) in [6.45, 7) is 9.10. The first-order valence-corrected chi connectivity index (χ1v) is 5.22. The molecule has 0 aromatic heterocycles. The first kappa shape index (κ1) is 12.0. The molecule has 0 saturated carbocycles. The highest BCUT2D eigenvalue weighted by atomic mass is 16.5. The van der Waals surface area contributed by atoms with Gasteiger partial charge in [-0.05, 0) is 19.8 Å². The van der Waals surface area contributed by atoms with Gasteiger partial charge in [-0.1, -0.05) is 39.5 Å². The summed E-state index contributed by atoms with van der Waals surface area (Å²) >= 11 is 0. The standard InChI is InChI=1S/C11H23O/c1-4-6-8-10-12-11(3)9-7-5-2/h11H,1,4-10H2,2-3H3. The van der Waals surface area contributed by atoms with Crippen molar-refractivity contribution in [2.75, 3.05) is 6.61 Å². The molecule has 0 aliphatic heterocycles. The maximum absolute atomic E-state index is 5.62. The van der Waals surface area contributed by atoms with E-state index in [0.717, 1.165) is 13.0 Å². The maximum Gasteiger partial charge on any atom is 0.0547 e. The highest BCUT2D eigenvalue weighted by molar-refractivity contribution is 4.50. The SMILES string of the molecule is [CH2]CCCCOC(C)CCCC. The molecule has 1 radical (unpaired) electrons. The van der Waals surface area contributed by atoms with Gasteiger partial charge in [0.1, 0.15) is 0 Å². The molecule has 0 aliphatic carbocycles. The van der Waals surface area contributed by atoms with E-state index in [1.165, 1.54) is 32.1 Å². The second kappa shape index (κ2) is 9.05. The van der Waals surface area contributed by atoms with Crippen molar-refractivity contribution in [3.8, 4) is 0 Å². The van der Waals surface area contributed by atoms with Gasteiger partial charge < -0.3 is 4.74 Å². The van der Waals surface area contributed by atoms with E-state index >= 15 is 0 Å². The van der Waals surface area contributed by atoms with Crippen molar-refractivity contribution in [2.45, 2.75) is 58.5 Å². The lowest BCUT2D eigenvalue weighted by molar-refractivity contribution is 0.0564. The van der Waals surface area contributed by atoms with Gasteiger partial charge >= 0.3 is 0 Å². The van der Waals surface area contributed by atoms with Crippen LogP contribution in [0.4, 0.5) is 0 Å². The summed E-state index contributed by atoms with van der Waals surface area (Å²) in [5.74, 6) is 0. The minimum Gasteiger partial charge on any atom is -0.379 e. The molecule has 1 nitrogen and oxygen atoms in total. The van der Waals surface area contributed by atoms with Gasteiger partial charge in [-0.3, -0.25) is 0 Å². The molecule has 73 valence electrons. The third-order valence-corrected chi connectivity index (χ3v) is 2.01. The largest absolute Gasteiger partial charge is 0.379 e. The average Bonchev–Trinajstić information content (AvgIpc) is 2.09. The Labute approximate surface area is 77.5 Å². The van der Waals surface area contributed by atoms with Gasteiger partial charge in [0.25, 0.3) is 0 Å². The number of rotatable bonds is 8. The Bertz CT molecular complexity index is 81.1. The Kier molecular flexibility index (Phi) is 9.02. The van der Waals surface area contributed by atoms with E-state index in [1.807, 2.05) is 0 Å². The van der Waals surface area contributed by atoms with Crippen molar-refractivity contribution in [1.82, 2.24) is 0 Å². The van der Waals surface area contributed by atoms with Crippen LogP contribution >= 0.6 is 0 Å². The average molecular weight is 171 g/mol. The van der Waals surface area contributed by atoms with E-state index < -0.39 is 0 Å². The van der Waals surface area contributed by atoms with Crippen molar-refractivity contribution < 1.29 is 4.74 Å². The fourth-order valence-corrected chi connectivity index (χ4v) is 1.14. The molecular weight excluding hydrogens is 148 g/mol. The topological polar surface area (TPSA) is 9.23 Å². The van der Waals surface area contributed by atoms with Crippen LogP contribution in [0.15, 0.2) is 0 Å². The molecule has 0 heterocycles. The van der Waals surface area contributed by atoms with Gasteiger partial charge in [-0.15, -0.1) is 0 Å². The van der Waals surface area contributed by atoms with Crippen LogP contribution in [-0.4, -0.2) is 12.7 Å². The molecular formula is C11H23O. The van der Waals surface area contributed by atoms with E-state index in [9.17, 15) is 0 Å². The second-order valence-corrected chi connectivity index (χ2v) is 3.38. The molecule has 1 atom stereocenters. The molecule has 12 heavy (non-hydrogen) atoms. The molecule has 0 aromatic rings. The lowest BCUT2D eigenvalue weighted by atomic mass is 10.2. The Balaban J connectivity index is 3.02. The third-order valence-electron chi connectivity index (χ3n) is 2.01. The lowest BCUT2D eigenvalue weighted by Gasteiger charge is -2.11. The zero-order valence-corrected chi connectivity index (χ0v) is 8.64. The van der Waals surface area contributed by atoms with Gasteiger partial charge in [0, 0.05) is 6.61 Å². The first-order chi connectivity index (χ1) is 5.81. The minimum atomic E-state index is 0.453. The molecule has 0 spiro atoms. The van der Waals surface area contributed by atoms with Crippen molar-refractivity contribution in [2.24, 2.45) is 0 Å². The van der Waals surface area contributed by atoms with Crippen LogP contribution < -0.4 is 0 Å². The fourth-order valence-electron chi connectivity index (χ4n) is 1.14. The molecule has 0 aromatic carbocycles. The zero-order valence-electron chi connectivity index (χ0n) is 8.64.